The third kappa shape index (κ3) is 5.13. The van der Waals surface area contributed by atoms with Crippen LogP contribution in [0.1, 0.15) is 31.4 Å². The minimum absolute atomic E-state index is 0.481. The molecule has 0 unspecified atom stereocenters. The summed E-state index contributed by atoms with van der Waals surface area (Å²) in [6.07, 6.45) is 1.07. The van der Waals surface area contributed by atoms with Crippen molar-refractivity contribution in [1.29, 1.82) is 5.26 Å². The minimum Gasteiger partial charge on any atom is -0.370 e. The second-order valence-corrected chi connectivity index (χ2v) is 6.17. The van der Waals surface area contributed by atoms with Gasteiger partial charge < -0.3 is 11.1 Å². The van der Waals surface area contributed by atoms with E-state index in [1.165, 1.54) is 0 Å². The van der Waals surface area contributed by atoms with E-state index in [1.807, 2.05) is 48.5 Å². The number of nitrogens with zero attached hydrogens (tertiary/aromatic N) is 2. The van der Waals surface area contributed by atoms with E-state index in [0.29, 0.717) is 24.0 Å². The van der Waals surface area contributed by atoms with Gasteiger partial charge in [0.15, 0.2) is 5.96 Å². The molecule has 24 heavy (non-hydrogen) atoms. The zero-order valence-electron chi connectivity index (χ0n) is 14.3. The van der Waals surface area contributed by atoms with Crippen molar-refractivity contribution in [3.8, 4) is 17.2 Å². The first-order valence-electron chi connectivity index (χ1n) is 8.22. The van der Waals surface area contributed by atoms with Crippen molar-refractivity contribution in [2.45, 2.75) is 26.8 Å². The highest BCUT2D eigenvalue weighted by atomic mass is 15.1. The van der Waals surface area contributed by atoms with Crippen molar-refractivity contribution >= 4 is 5.96 Å². The van der Waals surface area contributed by atoms with Crippen LogP contribution >= 0.6 is 0 Å². The Morgan fingerprint density at radius 2 is 1.88 bits per heavy atom. The molecule has 2 aromatic rings. The van der Waals surface area contributed by atoms with Crippen LogP contribution in [0, 0.1) is 17.2 Å². The van der Waals surface area contributed by atoms with E-state index in [2.05, 4.69) is 30.2 Å². The fourth-order valence-electron chi connectivity index (χ4n) is 2.34. The van der Waals surface area contributed by atoms with Gasteiger partial charge in [-0.05, 0) is 35.1 Å². The van der Waals surface area contributed by atoms with Crippen LogP contribution in [-0.2, 0) is 6.54 Å². The Kier molecular flexibility index (Phi) is 6.39. The Hall–Kier alpha value is -2.80. The van der Waals surface area contributed by atoms with Gasteiger partial charge in [-0.3, -0.25) is 0 Å². The topological polar surface area (TPSA) is 74.2 Å². The third-order valence-electron chi connectivity index (χ3n) is 3.77. The maximum Gasteiger partial charge on any atom is 0.188 e. The molecule has 0 spiro atoms. The normalized spacial score (nSPS) is 11.3. The summed E-state index contributed by atoms with van der Waals surface area (Å²) >= 11 is 0. The Morgan fingerprint density at radius 1 is 1.17 bits per heavy atom. The number of hydrogen-bond donors (Lipinski definition) is 2. The summed E-state index contributed by atoms with van der Waals surface area (Å²) < 4.78 is 0. The van der Waals surface area contributed by atoms with E-state index in [9.17, 15) is 5.26 Å². The number of guanidine groups is 1. The Morgan fingerprint density at radius 3 is 2.54 bits per heavy atom. The van der Waals surface area contributed by atoms with Crippen LogP contribution in [0.3, 0.4) is 0 Å². The molecule has 0 amide bonds. The molecule has 0 saturated heterocycles. The summed E-state index contributed by atoms with van der Waals surface area (Å²) in [7, 11) is 0. The van der Waals surface area contributed by atoms with E-state index in [-0.39, 0.29) is 0 Å². The lowest BCUT2D eigenvalue weighted by molar-refractivity contribution is 0.576. The van der Waals surface area contributed by atoms with Crippen LogP contribution in [0.4, 0.5) is 0 Å². The lowest BCUT2D eigenvalue weighted by atomic mass is 9.99. The smallest absolute Gasteiger partial charge is 0.188 e. The molecule has 0 aromatic heterocycles. The fraction of sp³-hybridized carbons (Fsp3) is 0.300. The largest absolute Gasteiger partial charge is 0.370 e. The molecule has 0 bridgehead atoms. The van der Waals surface area contributed by atoms with E-state index < -0.39 is 0 Å². The molecular weight excluding hydrogens is 296 g/mol. The second kappa shape index (κ2) is 8.73. The molecule has 0 aliphatic rings. The monoisotopic (exact) mass is 320 g/mol. The highest BCUT2D eigenvalue weighted by molar-refractivity contribution is 5.77. The molecular formula is C20H24N4. The van der Waals surface area contributed by atoms with Crippen LogP contribution in [-0.4, -0.2) is 12.5 Å². The van der Waals surface area contributed by atoms with Gasteiger partial charge in [-0.25, -0.2) is 4.99 Å². The van der Waals surface area contributed by atoms with Crippen molar-refractivity contribution in [2.75, 3.05) is 6.54 Å². The molecule has 0 atom stereocenters. The summed E-state index contributed by atoms with van der Waals surface area (Å²) in [6, 6.07) is 17.9. The highest BCUT2D eigenvalue weighted by Crippen LogP contribution is 2.23. The van der Waals surface area contributed by atoms with Crippen LogP contribution < -0.4 is 11.1 Å². The zero-order valence-corrected chi connectivity index (χ0v) is 14.3. The predicted molar refractivity (Wildman–Crippen MR) is 99.4 cm³/mol. The van der Waals surface area contributed by atoms with Crippen molar-refractivity contribution in [2.24, 2.45) is 16.6 Å². The maximum absolute atomic E-state index is 9.20. The van der Waals surface area contributed by atoms with Crippen LogP contribution in [0.2, 0.25) is 0 Å². The first-order valence-corrected chi connectivity index (χ1v) is 8.22. The number of benzene rings is 2. The number of aliphatic imine (C=N–C) groups is 1. The molecule has 0 aliphatic heterocycles. The van der Waals surface area contributed by atoms with Gasteiger partial charge in [-0.15, -0.1) is 0 Å². The molecule has 0 radical (unpaired) electrons. The predicted octanol–water partition coefficient (Wildman–Crippen LogP) is 3.68. The van der Waals surface area contributed by atoms with E-state index in [4.69, 9.17) is 5.73 Å². The number of nitrogens with two attached hydrogens (primary N) is 1. The first-order chi connectivity index (χ1) is 11.6. The van der Waals surface area contributed by atoms with Gasteiger partial charge in [0.1, 0.15) is 0 Å². The third-order valence-corrected chi connectivity index (χ3v) is 3.77. The fourth-order valence-corrected chi connectivity index (χ4v) is 2.34. The van der Waals surface area contributed by atoms with Crippen molar-refractivity contribution in [3.05, 3.63) is 59.7 Å². The lowest BCUT2D eigenvalue weighted by Gasteiger charge is -2.08. The molecule has 0 heterocycles. The summed E-state index contributed by atoms with van der Waals surface area (Å²) in [5.74, 6) is 1.13. The van der Waals surface area contributed by atoms with Crippen molar-refractivity contribution < 1.29 is 0 Å². The van der Waals surface area contributed by atoms with Crippen LogP contribution in [0.5, 0.6) is 0 Å². The van der Waals surface area contributed by atoms with Crippen molar-refractivity contribution in [3.63, 3.8) is 0 Å². The maximum atomic E-state index is 9.20. The lowest BCUT2D eigenvalue weighted by Crippen LogP contribution is -2.32. The van der Waals surface area contributed by atoms with Gasteiger partial charge >= 0.3 is 0 Å². The summed E-state index contributed by atoms with van der Waals surface area (Å²) in [6.45, 7) is 5.75. The molecule has 0 saturated carbocycles. The van der Waals surface area contributed by atoms with E-state index >= 15 is 0 Å². The van der Waals surface area contributed by atoms with E-state index in [1.54, 1.807) is 0 Å². The summed E-state index contributed by atoms with van der Waals surface area (Å²) in [5, 5.41) is 12.3. The first kappa shape index (κ1) is 17.6. The molecule has 4 heteroatoms. The van der Waals surface area contributed by atoms with Gasteiger partial charge in [0.25, 0.3) is 0 Å². The molecule has 2 rings (SSSR count). The highest BCUT2D eigenvalue weighted by Gasteiger charge is 2.03. The van der Waals surface area contributed by atoms with Crippen LogP contribution in [0.25, 0.3) is 11.1 Å². The number of nitriles is 1. The minimum atomic E-state index is 0.481. The van der Waals surface area contributed by atoms with Gasteiger partial charge in [0.2, 0.25) is 0 Å². The second-order valence-electron chi connectivity index (χ2n) is 6.17. The van der Waals surface area contributed by atoms with Gasteiger partial charge in [-0.1, -0.05) is 56.3 Å². The average molecular weight is 320 g/mol. The van der Waals surface area contributed by atoms with E-state index in [0.717, 1.165) is 29.7 Å². The van der Waals surface area contributed by atoms with Crippen LogP contribution in [0.15, 0.2) is 53.5 Å². The molecule has 0 fully saturated rings. The molecule has 4 nitrogen and oxygen atoms in total. The SMILES string of the molecule is CC(C)CCNC(N)=NCc1ccc(-c2ccccc2C#N)cc1. The Labute approximate surface area is 144 Å². The van der Waals surface area contributed by atoms with Gasteiger partial charge in [0.05, 0.1) is 18.2 Å². The summed E-state index contributed by atoms with van der Waals surface area (Å²) in [4.78, 5) is 4.36. The molecule has 2 aromatic carbocycles. The number of hydrogen-bond acceptors (Lipinski definition) is 2. The van der Waals surface area contributed by atoms with Crippen molar-refractivity contribution in [1.82, 2.24) is 5.32 Å². The Balaban J connectivity index is 1.99. The zero-order chi connectivity index (χ0) is 17.4. The summed E-state index contributed by atoms with van der Waals surface area (Å²) in [5.41, 5.74) is 9.62. The quantitative estimate of drug-likeness (QED) is 0.630. The van der Waals surface area contributed by atoms with Gasteiger partial charge in [-0.2, -0.15) is 5.26 Å². The number of rotatable bonds is 6. The molecule has 3 N–H and O–H groups in total. The Bertz CT molecular complexity index is 724. The number of nitrogens with one attached hydrogen (secondary N) is 1. The van der Waals surface area contributed by atoms with Gasteiger partial charge in [0, 0.05) is 6.54 Å². The molecule has 124 valence electrons. The standard InChI is InChI=1S/C20H24N4/c1-15(2)11-12-23-20(22)24-14-16-7-9-17(10-8-16)19-6-4-3-5-18(19)13-21/h3-10,15H,11-12,14H2,1-2H3,(H3,22,23,24). The molecule has 0 aliphatic carbocycles. The average Bonchev–Trinajstić information content (AvgIpc) is 2.60.